The molecule has 0 radical (unpaired) electrons. The largest absolute Gasteiger partial charge is 0.448 e. The van der Waals surface area contributed by atoms with Gasteiger partial charge in [-0.25, -0.2) is 4.98 Å². The van der Waals surface area contributed by atoms with Crippen LogP contribution >= 0.6 is 0 Å². The zero-order valence-corrected chi connectivity index (χ0v) is 6.64. The smallest absolute Gasteiger partial charge is 0.436 e. The van der Waals surface area contributed by atoms with Crippen LogP contribution in [0.1, 0.15) is 31.2 Å². The van der Waals surface area contributed by atoms with Gasteiger partial charge in [-0.1, -0.05) is 13.8 Å². The summed E-state index contributed by atoms with van der Waals surface area (Å²) in [6.07, 6.45) is -3.59. The molecule has 0 atom stereocenters. The van der Waals surface area contributed by atoms with Gasteiger partial charge in [-0.15, -0.1) is 0 Å². The maximum atomic E-state index is 12.1. The summed E-state index contributed by atoms with van der Waals surface area (Å²) < 4.78 is 41.0. The molecule has 0 bridgehead atoms. The summed E-state index contributed by atoms with van der Waals surface area (Å²) >= 11 is 0. The van der Waals surface area contributed by atoms with Crippen LogP contribution in [0.25, 0.3) is 0 Å². The van der Waals surface area contributed by atoms with Crippen molar-refractivity contribution in [2.45, 2.75) is 25.9 Å². The first-order valence-corrected chi connectivity index (χ1v) is 3.43. The molecule has 1 aromatic rings. The maximum Gasteiger partial charge on any atom is 0.436 e. The lowest BCUT2D eigenvalue weighted by atomic mass is 10.1. The Balaban J connectivity index is 3.08. The lowest BCUT2D eigenvalue weighted by Gasteiger charge is -2.06. The molecule has 2 nitrogen and oxygen atoms in total. The summed E-state index contributed by atoms with van der Waals surface area (Å²) in [5, 5.41) is 0. The van der Waals surface area contributed by atoms with Gasteiger partial charge in [-0.3, -0.25) is 0 Å². The Hall–Kier alpha value is -1.00. The summed E-state index contributed by atoms with van der Waals surface area (Å²) in [5.74, 6) is -0.411. The summed E-state index contributed by atoms with van der Waals surface area (Å²) in [5.41, 5.74) is -0.919. The van der Waals surface area contributed by atoms with Gasteiger partial charge < -0.3 is 4.42 Å². The molecule has 1 rings (SSSR count). The molecular formula is C7H8F3NO. The van der Waals surface area contributed by atoms with E-state index in [1.165, 1.54) is 0 Å². The fourth-order valence-corrected chi connectivity index (χ4v) is 0.878. The van der Waals surface area contributed by atoms with E-state index in [1.807, 2.05) is 0 Å². The van der Waals surface area contributed by atoms with E-state index in [0.717, 1.165) is 6.39 Å². The molecule has 0 aliphatic carbocycles. The average molecular weight is 179 g/mol. The van der Waals surface area contributed by atoms with Crippen molar-refractivity contribution in [1.82, 2.24) is 4.98 Å². The van der Waals surface area contributed by atoms with Crippen molar-refractivity contribution in [1.29, 1.82) is 0 Å². The second kappa shape index (κ2) is 2.80. The molecule has 1 aromatic heterocycles. The van der Waals surface area contributed by atoms with Crippen LogP contribution in [0.3, 0.4) is 0 Å². The molecule has 5 heteroatoms. The van der Waals surface area contributed by atoms with Crippen molar-refractivity contribution >= 4 is 0 Å². The first-order valence-electron chi connectivity index (χ1n) is 3.43. The van der Waals surface area contributed by atoms with E-state index in [1.54, 1.807) is 13.8 Å². The molecule has 0 saturated heterocycles. The van der Waals surface area contributed by atoms with Crippen LogP contribution in [0, 0.1) is 0 Å². The van der Waals surface area contributed by atoms with Gasteiger partial charge in [0.05, 0.1) is 0 Å². The van der Waals surface area contributed by atoms with E-state index >= 15 is 0 Å². The highest BCUT2D eigenvalue weighted by atomic mass is 19.4. The maximum absolute atomic E-state index is 12.1. The van der Waals surface area contributed by atoms with Crippen molar-refractivity contribution < 1.29 is 17.6 Å². The van der Waals surface area contributed by atoms with Gasteiger partial charge in [-0.05, 0) is 0 Å². The first-order chi connectivity index (χ1) is 5.43. The van der Waals surface area contributed by atoms with Gasteiger partial charge in [0.25, 0.3) is 0 Å². The number of rotatable bonds is 1. The Bertz CT molecular complexity index is 264. The molecule has 0 aliphatic rings. The molecular weight excluding hydrogens is 171 g/mol. The molecule has 0 unspecified atom stereocenters. The van der Waals surface area contributed by atoms with Crippen molar-refractivity contribution in [3.63, 3.8) is 0 Å². The number of oxazole rings is 1. The van der Waals surface area contributed by atoms with E-state index < -0.39 is 11.9 Å². The molecule has 0 fully saturated rings. The molecule has 0 amide bonds. The van der Waals surface area contributed by atoms with Crippen molar-refractivity contribution in [3.05, 3.63) is 17.8 Å². The summed E-state index contributed by atoms with van der Waals surface area (Å²) in [4.78, 5) is 3.12. The molecule has 0 spiro atoms. The number of aromatic nitrogens is 1. The highest BCUT2D eigenvalue weighted by Gasteiger charge is 2.38. The monoisotopic (exact) mass is 179 g/mol. The van der Waals surface area contributed by atoms with Crippen LogP contribution in [0.5, 0.6) is 0 Å². The van der Waals surface area contributed by atoms with Crippen LogP contribution in [0.15, 0.2) is 10.8 Å². The molecule has 0 aliphatic heterocycles. The van der Waals surface area contributed by atoms with Crippen LogP contribution in [0.4, 0.5) is 13.2 Å². The van der Waals surface area contributed by atoms with E-state index in [2.05, 4.69) is 9.40 Å². The summed E-state index contributed by atoms with van der Waals surface area (Å²) in [7, 11) is 0. The second-order valence-corrected chi connectivity index (χ2v) is 2.72. The highest BCUT2D eigenvalue weighted by Crippen LogP contribution is 2.33. The van der Waals surface area contributed by atoms with Gasteiger partial charge in [0.1, 0.15) is 5.76 Å². The second-order valence-electron chi connectivity index (χ2n) is 2.72. The fourth-order valence-electron chi connectivity index (χ4n) is 0.878. The third-order valence-electron chi connectivity index (χ3n) is 1.39. The SMILES string of the molecule is CC(C)c1ocnc1C(F)(F)F. The van der Waals surface area contributed by atoms with Gasteiger partial charge in [0.15, 0.2) is 12.1 Å². The van der Waals surface area contributed by atoms with Gasteiger partial charge >= 0.3 is 6.18 Å². The summed E-state index contributed by atoms with van der Waals surface area (Å²) in [6.45, 7) is 3.24. The van der Waals surface area contributed by atoms with E-state index in [0.29, 0.717) is 0 Å². The number of nitrogens with zero attached hydrogens (tertiary/aromatic N) is 1. The molecule has 68 valence electrons. The van der Waals surface area contributed by atoms with E-state index in [4.69, 9.17) is 0 Å². The fraction of sp³-hybridized carbons (Fsp3) is 0.571. The average Bonchev–Trinajstić information content (AvgIpc) is 2.30. The van der Waals surface area contributed by atoms with E-state index in [9.17, 15) is 13.2 Å². The topological polar surface area (TPSA) is 26.0 Å². The number of hydrogen-bond donors (Lipinski definition) is 0. The van der Waals surface area contributed by atoms with Gasteiger partial charge in [-0.2, -0.15) is 13.2 Å². The Morgan fingerprint density at radius 1 is 1.42 bits per heavy atom. The summed E-state index contributed by atoms with van der Waals surface area (Å²) in [6, 6.07) is 0. The first kappa shape index (κ1) is 9.09. The van der Waals surface area contributed by atoms with Crippen LogP contribution in [0.2, 0.25) is 0 Å². The number of alkyl halides is 3. The normalized spacial score (nSPS) is 12.5. The Morgan fingerprint density at radius 2 is 2.00 bits per heavy atom. The van der Waals surface area contributed by atoms with Crippen LogP contribution < -0.4 is 0 Å². The minimum Gasteiger partial charge on any atom is -0.448 e. The Kier molecular flexibility index (Phi) is 2.12. The van der Waals surface area contributed by atoms with Gasteiger partial charge in [0.2, 0.25) is 0 Å². The zero-order valence-electron chi connectivity index (χ0n) is 6.64. The molecule has 0 saturated carbocycles. The Morgan fingerprint density at radius 3 is 2.33 bits per heavy atom. The standard InChI is InChI=1S/C7H8F3NO/c1-4(2)5-6(7(8,9)10)11-3-12-5/h3-4H,1-2H3. The predicted octanol–water partition coefficient (Wildman–Crippen LogP) is 2.82. The quantitative estimate of drug-likeness (QED) is 0.662. The van der Waals surface area contributed by atoms with Crippen molar-refractivity contribution in [3.8, 4) is 0 Å². The third-order valence-corrected chi connectivity index (χ3v) is 1.39. The van der Waals surface area contributed by atoms with Crippen LogP contribution in [-0.4, -0.2) is 4.98 Å². The molecule has 12 heavy (non-hydrogen) atoms. The lowest BCUT2D eigenvalue weighted by molar-refractivity contribution is -0.142. The minimum atomic E-state index is -4.41. The highest BCUT2D eigenvalue weighted by molar-refractivity contribution is 5.14. The predicted molar refractivity (Wildman–Crippen MR) is 35.6 cm³/mol. The van der Waals surface area contributed by atoms with Crippen LogP contribution in [-0.2, 0) is 6.18 Å². The Labute approximate surface area is 67.4 Å². The molecule has 0 aromatic carbocycles. The molecule has 1 heterocycles. The van der Waals surface area contributed by atoms with Crippen molar-refractivity contribution in [2.24, 2.45) is 0 Å². The number of hydrogen-bond acceptors (Lipinski definition) is 2. The lowest BCUT2D eigenvalue weighted by Crippen LogP contribution is -2.09. The zero-order chi connectivity index (χ0) is 9.35. The molecule has 0 N–H and O–H groups in total. The van der Waals surface area contributed by atoms with E-state index in [-0.39, 0.29) is 11.7 Å². The van der Waals surface area contributed by atoms with Crippen molar-refractivity contribution in [2.75, 3.05) is 0 Å². The minimum absolute atomic E-state index is 0.109. The van der Waals surface area contributed by atoms with Gasteiger partial charge in [0, 0.05) is 5.92 Å². The third kappa shape index (κ3) is 1.60. The number of halogens is 3.